The standard InChI is InChI=1S/C9H19NO3/c1-6(2)10(7(3)4)9(13)8(12)5-11/h6-8,11-12H,5H2,1-4H3. The number of nitrogens with zero attached hydrogens (tertiary/aromatic N) is 1. The lowest BCUT2D eigenvalue weighted by atomic mass is 10.2. The van der Waals surface area contributed by atoms with E-state index in [9.17, 15) is 4.79 Å². The molecule has 2 N–H and O–H groups in total. The maximum atomic E-state index is 11.5. The molecule has 1 unspecified atom stereocenters. The summed E-state index contributed by atoms with van der Waals surface area (Å²) in [6.45, 7) is 6.99. The Morgan fingerprint density at radius 1 is 1.23 bits per heavy atom. The van der Waals surface area contributed by atoms with E-state index >= 15 is 0 Å². The van der Waals surface area contributed by atoms with Crippen LogP contribution in [-0.2, 0) is 4.79 Å². The third-order valence-electron chi connectivity index (χ3n) is 1.83. The van der Waals surface area contributed by atoms with Crippen LogP contribution in [0.15, 0.2) is 0 Å². The van der Waals surface area contributed by atoms with Crippen LogP contribution in [0.1, 0.15) is 27.7 Å². The molecule has 0 aromatic rings. The van der Waals surface area contributed by atoms with Crippen molar-refractivity contribution in [1.29, 1.82) is 0 Å². The molecular weight excluding hydrogens is 170 g/mol. The smallest absolute Gasteiger partial charge is 0.254 e. The zero-order chi connectivity index (χ0) is 10.6. The number of carbonyl (C=O) groups excluding carboxylic acids is 1. The molecule has 0 aromatic carbocycles. The SMILES string of the molecule is CC(C)N(C(=O)C(O)CO)C(C)C. The molecule has 0 saturated carbocycles. The van der Waals surface area contributed by atoms with Gasteiger partial charge in [0.1, 0.15) is 0 Å². The molecule has 0 saturated heterocycles. The molecule has 0 spiro atoms. The highest BCUT2D eigenvalue weighted by Crippen LogP contribution is 2.07. The lowest BCUT2D eigenvalue weighted by Gasteiger charge is -2.32. The maximum absolute atomic E-state index is 11.5. The molecule has 0 radical (unpaired) electrons. The van der Waals surface area contributed by atoms with Crippen molar-refractivity contribution in [2.45, 2.75) is 45.9 Å². The van der Waals surface area contributed by atoms with Crippen molar-refractivity contribution in [2.75, 3.05) is 6.61 Å². The van der Waals surface area contributed by atoms with Gasteiger partial charge in [-0.25, -0.2) is 0 Å². The minimum atomic E-state index is -1.29. The van der Waals surface area contributed by atoms with Gasteiger partial charge in [0.2, 0.25) is 0 Å². The van der Waals surface area contributed by atoms with E-state index in [0.29, 0.717) is 0 Å². The van der Waals surface area contributed by atoms with E-state index in [4.69, 9.17) is 10.2 Å². The number of aliphatic hydroxyl groups excluding tert-OH is 2. The molecule has 0 aliphatic heterocycles. The molecule has 0 rings (SSSR count). The fourth-order valence-corrected chi connectivity index (χ4v) is 1.36. The van der Waals surface area contributed by atoms with Crippen LogP contribution >= 0.6 is 0 Å². The van der Waals surface area contributed by atoms with Gasteiger partial charge in [-0.05, 0) is 27.7 Å². The fourth-order valence-electron chi connectivity index (χ4n) is 1.36. The van der Waals surface area contributed by atoms with Crippen molar-refractivity contribution in [3.63, 3.8) is 0 Å². The largest absolute Gasteiger partial charge is 0.393 e. The van der Waals surface area contributed by atoms with Gasteiger partial charge in [-0.2, -0.15) is 0 Å². The Bertz CT molecular complexity index is 160. The predicted octanol–water partition coefficient (Wildman–Crippen LogP) is -0.0150. The van der Waals surface area contributed by atoms with Crippen LogP contribution in [0.25, 0.3) is 0 Å². The van der Waals surface area contributed by atoms with E-state index in [-0.39, 0.29) is 12.1 Å². The lowest BCUT2D eigenvalue weighted by Crippen LogP contribution is -2.48. The molecular formula is C9H19NO3. The summed E-state index contributed by atoms with van der Waals surface area (Å²) in [4.78, 5) is 13.0. The molecule has 1 amide bonds. The van der Waals surface area contributed by atoms with E-state index < -0.39 is 18.6 Å². The van der Waals surface area contributed by atoms with Gasteiger partial charge >= 0.3 is 0 Å². The van der Waals surface area contributed by atoms with E-state index in [2.05, 4.69) is 0 Å². The second-order valence-electron chi connectivity index (χ2n) is 3.63. The maximum Gasteiger partial charge on any atom is 0.254 e. The van der Waals surface area contributed by atoms with Gasteiger partial charge in [-0.3, -0.25) is 4.79 Å². The zero-order valence-electron chi connectivity index (χ0n) is 8.69. The molecule has 0 aliphatic rings. The highest BCUT2D eigenvalue weighted by atomic mass is 16.3. The first-order valence-corrected chi connectivity index (χ1v) is 4.52. The van der Waals surface area contributed by atoms with Crippen LogP contribution in [0.2, 0.25) is 0 Å². The summed E-state index contributed by atoms with van der Waals surface area (Å²) in [6.07, 6.45) is -1.29. The first kappa shape index (κ1) is 12.4. The normalized spacial score (nSPS) is 13.5. The van der Waals surface area contributed by atoms with Crippen molar-refractivity contribution in [3.8, 4) is 0 Å². The van der Waals surface area contributed by atoms with Crippen LogP contribution < -0.4 is 0 Å². The number of amides is 1. The molecule has 4 heteroatoms. The molecule has 0 bridgehead atoms. The second-order valence-corrected chi connectivity index (χ2v) is 3.63. The Morgan fingerprint density at radius 3 is 1.85 bits per heavy atom. The number of rotatable bonds is 4. The minimum Gasteiger partial charge on any atom is -0.393 e. The van der Waals surface area contributed by atoms with Gasteiger partial charge in [0, 0.05) is 12.1 Å². The van der Waals surface area contributed by atoms with Crippen LogP contribution in [0.4, 0.5) is 0 Å². The number of carbonyl (C=O) groups is 1. The van der Waals surface area contributed by atoms with E-state index in [1.54, 1.807) is 4.90 Å². The quantitative estimate of drug-likeness (QED) is 0.653. The van der Waals surface area contributed by atoms with Crippen LogP contribution in [-0.4, -0.2) is 45.8 Å². The minimum absolute atomic E-state index is 0.0358. The molecule has 13 heavy (non-hydrogen) atoms. The van der Waals surface area contributed by atoms with Crippen molar-refractivity contribution >= 4 is 5.91 Å². The van der Waals surface area contributed by atoms with Gasteiger partial charge in [0.25, 0.3) is 5.91 Å². The highest BCUT2D eigenvalue weighted by molar-refractivity contribution is 5.81. The van der Waals surface area contributed by atoms with Crippen molar-refractivity contribution in [2.24, 2.45) is 0 Å². The number of hydrogen-bond donors (Lipinski definition) is 2. The van der Waals surface area contributed by atoms with Gasteiger partial charge in [-0.15, -0.1) is 0 Å². The van der Waals surface area contributed by atoms with Crippen LogP contribution in [0.3, 0.4) is 0 Å². The molecule has 0 aliphatic carbocycles. The van der Waals surface area contributed by atoms with E-state index in [1.807, 2.05) is 27.7 Å². The summed E-state index contributed by atoms with van der Waals surface area (Å²) >= 11 is 0. The predicted molar refractivity (Wildman–Crippen MR) is 50.2 cm³/mol. The summed E-state index contributed by atoms with van der Waals surface area (Å²) in [7, 11) is 0. The Morgan fingerprint density at radius 2 is 1.62 bits per heavy atom. The number of aliphatic hydroxyl groups is 2. The number of hydrogen-bond acceptors (Lipinski definition) is 3. The Labute approximate surface area is 79.2 Å². The van der Waals surface area contributed by atoms with E-state index in [0.717, 1.165) is 0 Å². The topological polar surface area (TPSA) is 60.8 Å². The molecule has 0 aromatic heterocycles. The molecule has 1 atom stereocenters. The van der Waals surface area contributed by atoms with Crippen LogP contribution in [0.5, 0.6) is 0 Å². The third kappa shape index (κ3) is 3.32. The molecule has 4 nitrogen and oxygen atoms in total. The van der Waals surface area contributed by atoms with Gasteiger partial charge < -0.3 is 15.1 Å². The highest BCUT2D eigenvalue weighted by Gasteiger charge is 2.25. The van der Waals surface area contributed by atoms with Crippen LogP contribution in [0, 0.1) is 0 Å². The monoisotopic (exact) mass is 189 g/mol. The fraction of sp³-hybridized carbons (Fsp3) is 0.889. The molecule has 0 heterocycles. The van der Waals surface area contributed by atoms with Crippen molar-refractivity contribution in [1.82, 2.24) is 4.90 Å². The summed E-state index contributed by atoms with van der Waals surface area (Å²) in [5, 5.41) is 17.8. The molecule has 78 valence electrons. The van der Waals surface area contributed by atoms with Crippen molar-refractivity contribution in [3.05, 3.63) is 0 Å². The van der Waals surface area contributed by atoms with Gasteiger partial charge in [-0.1, -0.05) is 0 Å². The average molecular weight is 189 g/mol. The van der Waals surface area contributed by atoms with Gasteiger partial charge in [0.15, 0.2) is 6.10 Å². The summed E-state index contributed by atoms with van der Waals surface area (Å²) < 4.78 is 0. The average Bonchev–Trinajstić information content (AvgIpc) is 2.01. The Kier molecular flexibility index (Phi) is 4.95. The Balaban J connectivity index is 4.46. The third-order valence-corrected chi connectivity index (χ3v) is 1.83. The molecule has 0 fully saturated rings. The van der Waals surface area contributed by atoms with Gasteiger partial charge in [0.05, 0.1) is 6.61 Å². The lowest BCUT2D eigenvalue weighted by molar-refractivity contribution is -0.145. The Hall–Kier alpha value is -0.610. The van der Waals surface area contributed by atoms with Crippen molar-refractivity contribution < 1.29 is 15.0 Å². The first-order valence-electron chi connectivity index (χ1n) is 4.52. The zero-order valence-corrected chi connectivity index (χ0v) is 8.69. The summed E-state index contributed by atoms with van der Waals surface area (Å²) in [5.41, 5.74) is 0. The first-order chi connectivity index (χ1) is 5.91. The van der Waals surface area contributed by atoms with E-state index in [1.165, 1.54) is 0 Å². The summed E-state index contributed by atoms with van der Waals surface area (Å²) in [6, 6.07) is 0.0717. The second kappa shape index (κ2) is 5.19. The summed E-state index contributed by atoms with van der Waals surface area (Å²) in [5.74, 6) is -0.410.